The Morgan fingerprint density at radius 1 is 0.871 bits per heavy atom. The van der Waals surface area contributed by atoms with Crippen LogP contribution in [0.2, 0.25) is 0 Å². The summed E-state index contributed by atoms with van der Waals surface area (Å²) in [6.07, 6.45) is 2.42. The SMILES string of the molecule is CC1CCN(c2ccc(N3CCN(C(=O)c4cccc5c4OCCO5)CC3)nn2)CC1. The molecule has 4 heterocycles. The van der Waals surface area contributed by atoms with Crippen molar-refractivity contribution in [2.45, 2.75) is 19.8 Å². The molecule has 3 aliphatic heterocycles. The van der Waals surface area contributed by atoms with Gasteiger partial charge in [0.25, 0.3) is 5.91 Å². The molecule has 8 heteroatoms. The van der Waals surface area contributed by atoms with E-state index in [-0.39, 0.29) is 5.91 Å². The van der Waals surface area contributed by atoms with Crippen molar-refractivity contribution in [3.05, 3.63) is 35.9 Å². The molecule has 1 amide bonds. The van der Waals surface area contributed by atoms with Gasteiger partial charge in [-0.1, -0.05) is 13.0 Å². The fraction of sp³-hybridized carbons (Fsp3) is 0.522. The van der Waals surface area contributed by atoms with Crippen LogP contribution in [0, 0.1) is 5.92 Å². The molecule has 0 unspecified atom stereocenters. The number of nitrogens with zero attached hydrogens (tertiary/aromatic N) is 5. The van der Waals surface area contributed by atoms with Gasteiger partial charge < -0.3 is 24.2 Å². The third kappa shape index (κ3) is 4.11. The molecule has 0 atom stereocenters. The largest absolute Gasteiger partial charge is 0.486 e. The van der Waals surface area contributed by atoms with E-state index < -0.39 is 0 Å². The van der Waals surface area contributed by atoms with Crippen molar-refractivity contribution in [1.82, 2.24) is 15.1 Å². The van der Waals surface area contributed by atoms with Gasteiger partial charge in [-0.25, -0.2) is 0 Å². The van der Waals surface area contributed by atoms with Crippen LogP contribution in [0.1, 0.15) is 30.1 Å². The maximum Gasteiger partial charge on any atom is 0.257 e. The minimum atomic E-state index is -0.0113. The molecule has 2 fully saturated rings. The second-order valence-electron chi connectivity index (χ2n) is 8.53. The number of ether oxygens (including phenoxy) is 2. The molecule has 5 rings (SSSR count). The van der Waals surface area contributed by atoms with Crippen LogP contribution in [-0.2, 0) is 0 Å². The van der Waals surface area contributed by atoms with E-state index in [4.69, 9.17) is 9.47 Å². The predicted octanol–water partition coefficient (Wildman–Crippen LogP) is 2.45. The molecular weight excluding hydrogens is 394 g/mol. The second-order valence-corrected chi connectivity index (χ2v) is 8.53. The van der Waals surface area contributed by atoms with Crippen LogP contribution in [0.3, 0.4) is 0 Å². The van der Waals surface area contributed by atoms with Crippen molar-refractivity contribution >= 4 is 17.5 Å². The Morgan fingerprint density at radius 3 is 2.19 bits per heavy atom. The molecule has 1 aromatic heterocycles. The number of carbonyl (C=O) groups is 1. The number of hydrogen-bond donors (Lipinski definition) is 0. The van der Waals surface area contributed by atoms with E-state index in [1.165, 1.54) is 12.8 Å². The van der Waals surface area contributed by atoms with Crippen LogP contribution < -0.4 is 19.3 Å². The fourth-order valence-corrected chi connectivity index (χ4v) is 4.44. The van der Waals surface area contributed by atoms with Crippen molar-refractivity contribution in [2.75, 3.05) is 62.3 Å². The Bertz CT molecular complexity index is 919. The van der Waals surface area contributed by atoms with Crippen molar-refractivity contribution in [1.29, 1.82) is 0 Å². The summed E-state index contributed by atoms with van der Waals surface area (Å²) in [4.78, 5) is 19.5. The molecule has 0 saturated carbocycles. The lowest BCUT2D eigenvalue weighted by atomic mass is 9.99. The molecule has 0 N–H and O–H groups in total. The summed E-state index contributed by atoms with van der Waals surface area (Å²) in [6, 6.07) is 9.63. The average molecular weight is 424 g/mol. The smallest absolute Gasteiger partial charge is 0.257 e. The van der Waals surface area contributed by atoms with Crippen LogP contribution >= 0.6 is 0 Å². The summed E-state index contributed by atoms with van der Waals surface area (Å²) < 4.78 is 11.3. The van der Waals surface area contributed by atoms with Gasteiger partial charge in [-0.05, 0) is 43.0 Å². The van der Waals surface area contributed by atoms with E-state index in [0.29, 0.717) is 43.4 Å². The van der Waals surface area contributed by atoms with Gasteiger partial charge in [-0.3, -0.25) is 4.79 Å². The number of anilines is 2. The Balaban J connectivity index is 1.20. The number of aromatic nitrogens is 2. The Labute approximate surface area is 182 Å². The maximum absolute atomic E-state index is 13.1. The Kier molecular flexibility index (Phi) is 5.53. The zero-order chi connectivity index (χ0) is 21.2. The van der Waals surface area contributed by atoms with Gasteiger partial charge in [0.2, 0.25) is 0 Å². The highest BCUT2D eigenvalue weighted by Crippen LogP contribution is 2.34. The van der Waals surface area contributed by atoms with E-state index >= 15 is 0 Å². The number of piperidine rings is 1. The van der Waals surface area contributed by atoms with Crippen LogP contribution in [0.5, 0.6) is 11.5 Å². The minimum absolute atomic E-state index is 0.0113. The zero-order valence-electron chi connectivity index (χ0n) is 18.0. The third-order valence-corrected chi connectivity index (χ3v) is 6.43. The lowest BCUT2D eigenvalue weighted by molar-refractivity contribution is 0.0736. The van der Waals surface area contributed by atoms with Crippen LogP contribution in [0.15, 0.2) is 30.3 Å². The van der Waals surface area contributed by atoms with Crippen LogP contribution in [0.25, 0.3) is 0 Å². The molecule has 3 aliphatic rings. The normalized spacial score (nSPS) is 19.5. The second kappa shape index (κ2) is 8.61. The van der Waals surface area contributed by atoms with Gasteiger partial charge in [0.1, 0.15) is 13.2 Å². The molecule has 8 nitrogen and oxygen atoms in total. The summed E-state index contributed by atoms with van der Waals surface area (Å²) in [5.74, 6) is 3.82. The monoisotopic (exact) mass is 423 g/mol. The molecule has 31 heavy (non-hydrogen) atoms. The minimum Gasteiger partial charge on any atom is -0.486 e. The van der Waals surface area contributed by atoms with Gasteiger partial charge in [-0.2, -0.15) is 0 Å². The highest BCUT2D eigenvalue weighted by molar-refractivity contribution is 5.98. The summed E-state index contributed by atoms with van der Waals surface area (Å²) >= 11 is 0. The number of para-hydroxylation sites is 1. The fourth-order valence-electron chi connectivity index (χ4n) is 4.44. The van der Waals surface area contributed by atoms with Crippen LogP contribution in [0.4, 0.5) is 11.6 Å². The number of hydrogen-bond acceptors (Lipinski definition) is 7. The van der Waals surface area contributed by atoms with Crippen molar-refractivity contribution in [3.63, 3.8) is 0 Å². The molecule has 164 valence electrons. The quantitative estimate of drug-likeness (QED) is 0.751. The number of carbonyl (C=O) groups excluding carboxylic acids is 1. The first-order valence-corrected chi connectivity index (χ1v) is 11.2. The number of fused-ring (bicyclic) bond motifs is 1. The molecule has 0 bridgehead atoms. The predicted molar refractivity (Wildman–Crippen MR) is 118 cm³/mol. The van der Waals surface area contributed by atoms with E-state index in [1.54, 1.807) is 0 Å². The molecule has 1 aromatic carbocycles. The maximum atomic E-state index is 13.1. The topological polar surface area (TPSA) is 71.0 Å². The summed E-state index contributed by atoms with van der Waals surface area (Å²) in [5.41, 5.74) is 0.575. The Morgan fingerprint density at radius 2 is 1.52 bits per heavy atom. The first kappa shape index (κ1) is 19.9. The van der Waals surface area contributed by atoms with Crippen molar-refractivity contribution in [2.24, 2.45) is 5.92 Å². The first-order chi connectivity index (χ1) is 15.2. The van der Waals surface area contributed by atoms with Gasteiger partial charge in [0, 0.05) is 39.3 Å². The van der Waals surface area contributed by atoms with Crippen molar-refractivity contribution in [3.8, 4) is 11.5 Å². The Hall–Kier alpha value is -3.03. The van der Waals surface area contributed by atoms with Gasteiger partial charge in [-0.15, -0.1) is 10.2 Å². The molecule has 0 aliphatic carbocycles. The standard InChI is InChI=1S/C23H29N5O3/c1-17-7-9-26(10-8-17)20-5-6-21(25-24-20)27-11-13-28(14-12-27)23(29)18-3-2-4-19-22(18)31-16-15-30-19/h2-6,17H,7-16H2,1H3. The number of amides is 1. The van der Waals surface area contributed by atoms with E-state index in [9.17, 15) is 4.79 Å². The van der Waals surface area contributed by atoms with Gasteiger partial charge >= 0.3 is 0 Å². The van der Waals surface area contributed by atoms with E-state index in [1.807, 2.05) is 23.1 Å². The average Bonchev–Trinajstić information content (AvgIpc) is 2.84. The van der Waals surface area contributed by atoms with Gasteiger partial charge in [0.15, 0.2) is 23.1 Å². The van der Waals surface area contributed by atoms with Crippen molar-refractivity contribution < 1.29 is 14.3 Å². The molecule has 0 radical (unpaired) electrons. The zero-order valence-corrected chi connectivity index (χ0v) is 18.0. The summed E-state index contributed by atoms with van der Waals surface area (Å²) in [6.45, 7) is 8.12. The summed E-state index contributed by atoms with van der Waals surface area (Å²) in [5, 5.41) is 8.95. The number of benzene rings is 1. The molecule has 2 aromatic rings. The number of piperazine rings is 1. The van der Waals surface area contributed by atoms with E-state index in [0.717, 1.165) is 43.7 Å². The highest BCUT2D eigenvalue weighted by atomic mass is 16.6. The summed E-state index contributed by atoms with van der Waals surface area (Å²) in [7, 11) is 0. The molecule has 2 saturated heterocycles. The first-order valence-electron chi connectivity index (χ1n) is 11.2. The third-order valence-electron chi connectivity index (χ3n) is 6.43. The number of rotatable bonds is 3. The highest BCUT2D eigenvalue weighted by Gasteiger charge is 2.27. The molecule has 0 spiro atoms. The van der Waals surface area contributed by atoms with Gasteiger partial charge in [0.05, 0.1) is 5.56 Å². The molecular formula is C23H29N5O3. The van der Waals surface area contributed by atoms with Crippen LogP contribution in [-0.4, -0.2) is 73.5 Å². The lowest BCUT2D eigenvalue weighted by Crippen LogP contribution is -2.49. The lowest BCUT2D eigenvalue weighted by Gasteiger charge is -2.36. The van der Waals surface area contributed by atoms with E-state index in [2.05, 4.69) is 39.1 Å².